The van der Waals surface area contributed by atoms with Crippen LogP contribution in [0.3, 0.4) is 0 Å². The monoisotopic (exact) mass is 409 g/mol. The van der Waals surface area contributed by atoms with E-state index in [1.165, 1.54) is 0 Å². The Balaban J connectivity index is 2.00. The highest BCUT2D eigenvalue weighted by Crippen LogP contribution is 2.21. The van der Waals surface area contributed by atoms with Crippen LogP contribution in [0.25, 0.3) is 0 Å². The summed E-state index contributed by atoms with van der Waals surface area (Å²) in [5.41, 5.74) is 4.32. The van der Waals surface area contributed by atoms with Gasteiger partial charge in [-0.3, -0.25) is 14.4 Å². The molecule has 0 fully saturated rings. The first kappa shape index (κ1) is 23.1. The summed E-state index contributed by atoms with van der Waals surface area (Å²) >= 11 is 0. The highest BCUT2D eigenvalue weighted by atomic mass is 16.2. The van der Waals surface area contributed by atoms with Gasteiger partial charge in [0.15, 0.2) is 0 Å². The lowest BCUT2D eigenvalue weighted by Crippen LogP contribution is -2.51. The van der Waals surface area contributed by atoms with E-state index in [0.29, 0.717) is 12.0 Å². The number of rotatable bonds is 8. The Morgan fingerprint density at radius 3 is 2.13 bits per heavy atom. The van der Waals surface area contributed by atoms with E-state index < -0.39 is 6.04 Å². The van der Waals surface area contributed by atoms with Gasteiger partial charge in [0.25, 0.3) is 5.91 Å². The Morgan fingerprint density at radius 2 is 1.57 bits per heavy atom. The fourth-order valence-electron chi connectivity index (χ4n) is 3.35. The van der Waals surface area contributed by atoms with Crippen LogP contribution in [-0.2, 0) is 9.59 Å². The molecule has 0 spiro atoms. The maximum atomic E-state index is 12.7. The second kappa shape index (κ2) is 10.6. The molecule has 6 heteroatoms. The molecular weight excluding hydrogens is 378 g/mol. The van der Waals surface area contributed by atoms with Crippen LogP contribution in [0.5, 0.6) is 0 Å². The molecule has 2 atom stereocenters. The van der Waals surface area contributed by atoms with Crippen LogP contribution in [0.4, 0.5) is 5.69 Å². The number of carbonyl (C=O) groups is 3. The van der Waals surface area contributed by atoms with Crippen molar-refractivity contribution in [3.63, 3.8) is 0 Å². The first-order valence-electron chi connectivity index (χ1n) is 10.2. The third-order valence-corrected chi connectivity index (χ3v) is 5.18. The van der Waals surface area contributed by atoms with Crippen molar-refractivity contribution in [3.8, 4) is 0 Å². The van der Waals surface area contributed by atoms with Crippen LogP contribution in [0.2, 0.25) is 0 Å². The standard InChI is InChI=1S/C24H31N3O3/c1-6-16(3)22(27-23(29)19-10-8-7-9-11-19)24(30)25-14-20(28)26-21-17(4)12-15(2)13-18(21)5/h7-13,16,22H,6,14H2,1-5H3,(H,25,30)(H,26,28)(H,27,29)/t16-,22-/m0/s1. The Kier molecular flexibility index (Phi) is 8.16. The van der Waals surface area contributed by atoms with Crippen molar-refractivity contribution in [1.82, 2.24) is 10.6 Å². The number of anilines is 1. The number of hydrogen-bond donors (Lipinski definition) is 3. The summed E-state index contributed by atoms with van der Waals surface area (Å²) in [5.74, 6) is -1.08. The molecular formula is C24H31N3O3. The molecule has 3 amide bonds. The van der Waals surface area contributed by atoms with E-state index >= 15 is 0 Å². The second-order valence-electron chi connectivity index (χ2n) is 7.74. The number of benzene rings is 2. The fraction of sp³-hybridized carbons (Fsp3) is 0.375. The Labute approximate surface area is 178 Å². The summed E-state index contributed by atoms with van der Waals surface area (Å²) in [6.45, 7) is 9.56. The Morgan fingerprint density at radius 1 is 0.967 bits per heavy atom. The van der Waals surface area contributed by atoms with Gasteiger partial charge in [0.1, 0.15) is 6.04 Å². The highest BCUT2D eigenvalue weighted by Gasteiger charge is 2.26. The zero-order valence-electron chi connectivity index (χ0n) is 18.3. The number of amides is 3. The van der Waals surface area contributed by atoms with Crippen molar-refractivity contribution in [2.24, 2.45) is 5.92 Å². The zero-order chi connectivity index (χ0) is 22.3. The molecule has 3 N–H and O–H groups in total. The van der Waals surface area contributed by atoms with Gasteiger partial charge in [-0.05, 0) is 49.9 Å². The molecule has 0 bridgehead atoms. The van der Waals surface area contributed by atoms with Gasteiger partial charge in [-0.2, -0.15) is 0 Å². The molecule has 0 aliphatic carbocycles. The summed E-state index contributed by atoms with van der Waals surface area (Å²) in [6, 6.07) is 12.0. The molecule has 6 nitrogen and oxygen atoms in total. The van der Waals surface area contributed by atoms with Gasteiger partial charge in [-0.1, -0.05) is 56.2 Å². The molecule has 0 saturated carbocycles. The van der Waals surface area contributed by atoms with Gasteiger partial charge in [0.05, 0.1) is 6.54 Å². The van der Waals surface area contributed by atoms with Crippen molar-refractivity contribution in [1.29, 1.82) is 0 Å². The Hall–Kier alpha value is -3.15. The van der Waals surface area contributed by atoms with Crippen molar-refractivity contribution >= 4 is 23.4 Å². The predicted octanol–water partition coefficient (Wildman–Crippen LogP) is 3.51. The first-order chi connectivity index (χ1) is 14.2. The zero-order valence-corrected chi connectivity index (χ0v) is 18.3. The van der Waals surface area contributed by atoms with Crippen LogP contribution < -0.4 is 16.0 Å². The normalized spacial score (nSPS) is 12.6. The number of carbonyl (C=O) groups excluding carboxylic acids is 3. The lowest BCUT2D eigenvalue weighted by Gasteiger charge is -2.23. The SMILES string of the molecule is CC[C@H](C)[C@H](NC(=O)c1ccccc1)C(=O)NCC(=O)Nc1c(C)cc(C)cc1C. The molecule has 2 aromatic carbocycles. The summed E-state index contributed by atoms with van der Waals surface area (Å²) in [6.07, 6.45) is 0.709. The molecule has 30 heavy (non-hydrogen) atoms. The minimum Gasteiger partial charge on any atom is -0.345 e. The molecule has 2 aromatic rings. The number of hydrogen-bond acceptors (Lipinski definition) is 3. The molecule has 0 radical (unpaired) electrons. The summed E-state index contributed by atoms with van der Waals surface area (Å²) in [5, 5.41) is 8.33. The molecule has 0 aliphatic rings. The van der Waals surface area contributed by atoms with Gasteiger partial charge < -0.3 is 16.0 Å². The average molecular weight is 410 g/mol. The van der Waals surface area contributed by atoms with Gasteiger partial charge in [-0.15, -0.1) is 0 Å². The lowest BCUT2D eigenvalue weighted by molar-refractivity contribution is -0.126. The maximum Gasteiger partial charge on any atom is 0.251 e. The summed E-state index contributed by atoms with van der Waals surface area (Å²) in [4.78, 5) is 37.6. The van der Waals surface area contributed by atoms with Crippen LogP contribution in [0, 0.1) is 26.7 Å². The lowest BCUT2D eigenvalue weighted by atomic mass is 9.98. The quantitative estimate of drug-likeness (QED) is 0.623. The van der Waals surface area contributed by atoms with Crippen molar-refractivity contribution in [3.05, 3.63) is 64.7 Å². The number of aryl methyl sites for hydroxylation is 3. The van der Waals surface area contributed by atoms with E-state index in [2.05, 4.69) is 16.0 Å². The first-order valence-corrected chi connectivity index (χ1v) is 10.2. The van der Waals surface area contributed by atoms with Gasteiger partial charge in [0, 0.05) is 11.3 Å². The van der Waals surface area contributed by atoms with E-state index in [0.717, 1.165) is 22.4 Å². The van der Waals surface area contributed by atoms with E-state index in [4.69, 9.17) is 0 Å². The maximum absolute atomic E-state index is 12.7. The smallest absolute Gasteiger partial charge is 0.251 e. The Bertz CT molecular complexity index is 886. The van der Waals surface area contributed by atoms with Crippen LogP contribution in [0.1, 0.15) is 47.3 Å². The van der Waals surface area contributed by atoms with Gasteiger partial charge in [0.2, 0.25) is 11.8 Å². The molecule has 0 unspecified atom stereocenters. The third kappa shape index (κ3) is 6.17. The number of nitrogens with one attached hydrogen (secondary N) is 3. The topological polar surface area (TPSA) is 87.3 Å². The molecule has 160 valence electrons. The predicted molar refractivity (Wildman–Crippen MR) is 119 cm³/mol. The van der Waals surface area contributed by atoms with Crippen molar-refractivity contribution < 1.29 is 14.4 Å². The van der Waals surface area contributed by atoms with Gasteiger partial charge in [-0.25, -0.2) is 0 Å². The molecule has 0 aromatic heterocycles. The summed E-state index contributed by atoms with van der Waals surface area (Å²) < 4.78 is 0. The van der Waals surface area contributed by atoms with Crippen LogP contribution in [0.15, 0.2) is 42.5 Å². The third-order valence-electron chi connectivity index (χ3n) is 5.18. The fourth-order valence-corrected chi connectivity index (χ4v) is 3.35. The van der Waals surface area contributed by atoms with E-state index in [1.54, 1.807) is 24.3 Å². The highest BCUT2D eigenvalue weighted by molar-refractivity contribution is 5.99. The largest absolute Gasteiger partial charge is 0.345 e. The minimum atomic E-state index is -0.724. The minimum absolute atomic E-state index is 0.0812. The van der Waals surface area contributed by atoms with Crippen molar-refractivity contribution in [2.45, 2.75) is 47.1 Å². The van der Waals surface area contributed by atoms with E-state index in [-0.39, 0.29) is 30.2 Å². The van der Waals surface area contributed by atoms with Crippen LogP contribution in [-0.4, -0.2) is 30.3 Å². The molecule has 0 saturated heterocycles. The summed E-state index contributed by atoms with van der Waals surface area (Å²) in [7, 11) is 0. The van der Waals surface area contributed by atoms with Crippen LogP contribution >= 0.6 is 0 Å². The molecule has 0 aliphatic heterocycles. The molecule has 2 rings (SSSR count). The van der Waals surface area contributed by atoms with Gasteiger partial charge >= 0.3 is 0 Å². The van der Waals surface area contributed by atoms with E-state index in [1.807, 2.05) is 52.8 Å². The van der Waals surface area contributed by atoms with Crippen molar-refractivity contribution in [2.75, 3.05) is 11.9 Å². The molecule has 0 heterocycles. The average Bonchev–Trinajstić information content (AvgIpc) is 2.72. The van der Waals surface area contributed by atoms with E-state index in [9.17, 15) is 14.4 Å². The second-order valence-corrected chi connectivity index (χ2v) is 7.74.